The molecule has 0 N–H and O–H groups in total. The maximum Gasteiger partial charge on any atom is 0.260 e. The van der Waals surface area contributed by atoms with Gasteiger partial charge in [0.15, 0.2) is 6.61 Å². The maximum atomic E-state index is 12.2. The number of nitrogens with zero attached hydrogens (tertiary/aromatic N) is 2. The molecule has 1 aromatic rings. The van der Waals surface area contributed by atoms with E-state index in [1.165, 1.54) is 4.90 Å². The third-order valence-electron chi connectivity index (χ3n) is 4.01. The highest BCUT2D eigenvalue weighted by molar-refractivity contribution is 5.89. The van der Waals surface area contributed by atoms with Crippen molar-refractivity contribution in [2.45, 2.75) is 26.3 Å². The van der Waals surface area contributed by atoms with Gasteiger partial charge in [0.25, 0.3) is 5.91 Å². The lowest BCUT2D eigenvalue weighted by Crippen LogP contribution is -2.44. The minimum Gasteiger partial charge on any atom is -0.483 e. The van der Waals surface area contributed by atoms with Crippen molar-refractivity contribution in [3.8, 4) is 5.75 Å². The Morgan fingerprint density at radius 3 is 2.52 bits per heavy atom. The molecule has 1 aliphatic rings. The average Bonchev–Trinajstić information content (AvgIpc) is 2.77. The Bertz CT molecular complexity index is 536. The quantitative estimate of drug-likeness (QED) is 0.841. The van der Waals surface area contributed by atoms with Crippen LogP contribution in [0.3, 0.4) is 0 Å². The molecule has 0 aliphatic carbocycles. The lowest BCUT2D eigenvalue weighted by atomic mass is 10.1. The summed E-state index contributed by atoms with van der Waals surface area (Å²) in [4.78, 5) is 27.3. The Kier molecular flexibility index (Phi) is 4.50. The number of likely N-dealkylation sites (tertiary alicyclic amines) is 1. The van der Waals surface area contributed by atoms with Crippen molar-refractivity contribution in [1.29, 1.82) is 0 Å². The van der Waals surface area contributed by atoms with E-state index < -0.39 is 0 Å². The fourth-order valence-electron chi connectivity index (χ4n) is 2.60. The van der Waals surface area contributed by atoms with Crippen molar-refractivity contribution in [3.63, 3.8) is 0 Å². The van der Waals surface area contributed by atoms with E-state index in [1.54, 1.807) is 19.0 Å². The predicted molar refractivity (Wildman–Crippen MR) is 80.2 cm³/mol. The van der Waals surface area contributed by atoms with Crippen LogP contribution in [0.15, 0.2) is 18.2 Å². The maximum absolute atomic E-state index is 12.2. The van der Waals surface area contributed by atoms with Crippen LogP contribution < -0.4 is 4.74 Å². The first-order chi connectivity index (χ1) is 9.91. The molecule has 0 bridgehead atoms. The molecule has 1 saturated heterocycles. The van der Waals surface area contributed by atoms with Gasteiger partial charge < -0.3 is 14.5 Å². The van der Waals surface area contributed by atoms with E-state index in [1.807, 2.05) is 32.0 Å². The largest absolute Gasteiger partial charge is 0.483 e. The Balaban J connectivity index is 1.97. The minimum absolute atomic E-state index is 0.00192. The van der Waals surface area contributed by atoms with Crippen LogP contribution in [-0.2, 0) is 9.59 Å². The molecule has 1 unspecified atom stereocenters. The van der Waals surface area contributed by atoms with Gasteiger partial charge in [-0.3, -0.25) is 9.59 Å². The Morgan fingerprint density at radius 2 is 2.00 bits per heavy atom. The number of carbonyl (C=O) groups excluding carboxylic acids is 2. The molecule has 5 nitrogen and oxygen atoms in total. The molecule has 2 rings (SSSR count). The Hall–Kier alpha value is -2.04. The van der Waals surface area contributed by atoms with Crippen molar-refractivity contribution < 1.29 is 14.3 Å². The summed E-state index contributed by atoms with van der Waals surface area (Å²) in [7, 11) is 3.42. The van der Waals surface area contributed by atoms with Crippen molar-refractivity contribution in [2.75, 3.05) is 27.2 Å². The molecule has 114 valence electrons. The van der Waals surface area contributed by atoms with Crippen LogP contribution in [0.5, 0.6) is 5.75 Å². The van der Waals surface area contributed by atoms with Crippen LogP contribution >= 0.6 is 0 Å². The van der Waals surface area contributed by atoms with Gasteiger partial charge in [0.2, 0.25) is 5.91 Å². The van der Waals surface area contributed by atoms with Gasteiger partial charge in [-0.15, -0.1) is 0 Å². The molecule has 21 heavy (non-hydrogen) atoms. The molecule has 0 radical (unpaired) electrons. The highest BCUT2D eigenvalue weighted by Crippen LogP contribution is 2.22. The zero-order chi connectivity index (χ0) is 15.6. The van der Waals surface area contributed by atoms with Gasteiger partial charge >= 0.3 is 0 Å². The van der Waals surface area contributed by atoms with Gasteiger partial charge in [-0.1, -0.05) is 18.2 Å². The second kappa shape index (κ2) is 6.16. The summed E-state index contributed by atoms with van der Waals surface area (Å²) in [6, 6.07) is 5.50. The van der Waals surface area contributed by atoms with Gasteiger partial charge in [0, 0.05) is 20.6 Å². The molecular formula is C16H22N2O3. The number of para-hydroxylation sites is 1. The van der Waals surface area contributed by atoms with E-state index in [2.05, 4.69) is 0 Å². The summed E-state index contributed by atoms with van der Waals surface area (Å²) in [5, 5.41) is 0. The van der Waals surface area contributed by atoms with Crippen molar-refractivity contribution in [1.82, 2.24) is 9.80 Å². The summed E-state index contributed by atoms with van der Waals surface area (Å²) in [5.74, 6) is 0.568. The van der Waals surface area contributed by atoms with E-state index in [9.17, 15) is 9.59 Å². The zero-order valence-corrected chi connectivity index (χ0v) is 13.0. The van der Waals surface area contributed by atoms with Gasteiger partial charge in [0.05, 0.1) is 0 Å². The summed E-state index contributed by atoms with van der Waals surface area (Å²) in [6.07, 6.45) is 0.682. The molecule has 0 spiro atoms. The standard InChI is InChI=1S/C16H22N2O3/c1-11-6-5-7-12(2)15(11)21-10-14(19)18(4)13-8-9-17(3)16(13)20/h5-7,13H,8-10H2,1-4H3. The molecule has 1 fully saturated rings. The first kappa shape index (κ1) is 15.4. The summed E-state index contributed by atoms with van der Waals surface area (Å²) < 4.78 is 5.66. The van der Waals surface area contributed by atoms with E-state index in [0.29, 0.717) is 13.0 Å². The van der Waals surface area contributed by atoms with Crippen molar-refractivity contribution >= 4 is 11.8 Å². The summed E-state index contributed by atoms with van der Waals surface area (Å²) >= 11 is 0. The lowest BCUT2D eigenvalue weighted by molar-refractivity contribution is -0.141. The molecule has 0 saturated carbocycles. The topological polar surface area (TPSA) is 49.9 Å². The first-order valence-electron chi connectivity index (χ1n) is 7.11. The van der Waals surface area contributed by atoms with E-state index >= 15 is 0 Å². The summed E-state index contributed by atoms with van der Waals surface area (Å²) in [6.45, 7) is 4.55. The van der Waals surface area contributed by atoms with E-state index in [0.717, 1.165) is 16.9 Å². The number of rotatable bonds is 4. The number of carbonyl (C=O) groups is 2. The number of ether oxygens (including phenoxy) is 1. The van der Waals surface area contributed by atoms with Gasteiger partial charge in [-0.2, -0.15) is 0 Å². The van der Waals surface area contributed by atoms with E-state index in [4.69, 9.17) is 4.74 Å². The number of amides is 2. The van der Waals surface area contributed by atoms with Crippen LogP contribution in [0.25, 0.3) is 0 Å². The Morgan fingerprint density at radius 1 is 1.38 bits per heavy atom. The van der Waals surface area contributed by atoms with E-state index in [-0.39, 0.29) is 24.5 Å². The molecule has 2 amide bonds. The van der Waals surface area contributed by atoms with Crippen LogP contribution in [0.4, 0.5) is 0 Å². The first-order valence-corrected chi connectivity index (χ1v) is 7.11. The second-order valence-corrected chi connectivity index (χ2v) is 5.58. The fourth-order valence-corrected chi connectivity index (χ4v) is 2.60. The molecule has 5 heteroatoms. The molecule has 0 aromatic heterocycles. The smallest absolute Gasteiger partial charge is 0.260 e. The number of benzene rings is 1. The SMILES string of the molecule is Cc1cccc(C)c1OCC(=O)N(C)C1CCN(C)C1=O. The predicted octanol–water partition coefficient (Wildman–Crippen LogP) is 1.37. The normalized spacial score (nSPS) is 18.0. The second-order valence-electron chi connectivity index (χ2n) is 5.58. The number of hydrogen-bond acceptors (Lipinski definition) is 3. The number of aryl methyl sites for hydroxylation is 2. The highest BCUT2D eigenvalue weighted by Gasteiger charge is 2.34. The highest BCUT2D eigenvalue weighted by atomic mass is 16.5. The van der Waals surface area contributed by atoms with Gasteiger partial charge in [-0.05, 0) is 31.4 Å². The van der Waals surface area contributed by atoms with Gasteiger partial charge in [-0.25, -0.2) is 0 Å². The van der Waals surface area contributed by atoms with Gasteiger partial charge in [0.1, 0.15) is 11.8 Å². The molecule has 1 aromatic carbocycles. The zero-order valence-electron chi connectivity index (χ0n) is 13.0. The monoisotopic (exact) mass is 290 g/mol. The lowest BCUT2D eigenvalue weighted by Gasteiger charge is -2.23. The van der Waals surface area contributed by atoms with Crippen molar-refractivity contribution in [3.05, 3.63) is 29.3 Å². The molecule has 1 atom stereocenters. The summed E-state index contributed by atoms with van der Waals surface area (Å²) in [5.41, 5.74) is 2.00. The van der Waals surface area contributed by atoms with Crippen LogP contribution in [-0.4, -0.2) is 54.9 Å². The van der Waals surface area contributed by atoms with Crippen molar-refractivity contribution in [2.24, 2.45) is 0 Å². The third kappa shape index (κ3) is 3.17. The molecular weight excluding hydrogens is 268 g/mol. The average molecular weight is 290 g/mol. The van der Waals surface area contributed by atoms with Crippen LogP contribution in [0.1, 0.15) is 17.5 Å². The molecule has 1 aliphatic heterocycles. The number of likely N-dealkylation sites (N-methyl/N-ethyl adjacent to an activating group) is 2. The van der Waals surface area contributed by atoms with Crippen LogP contribution in [0, 0.1) is 13.8 Å². The number of hydrogen-bond donors (Lipinski definition) is 0. The molecule has 1 heterocycles. The third-order valence-corrected chi connectivity index (χ3v) is 4.01. The fraction of sp³-hybridized carbons (Fsp3) is 0.500. The Labute approximate surface area is 125 Å². The minimum atomic E-state index is -0.357. The van der Waals surface area contributed by atoms with Crippen LogP contribution in [0.2, 0.25) is 0 Å².